The Kier molecular flexibility index (Phi) is 7.53. The summed E-state index contributed by atoms with van der Waals surface area (Å²) in [5.41, 5.74) is 0. The van der Waals surface area contributed by atoms with Crippen molar-refractivity contribution in [2.75, 3.05) is 0 Å². The van der Waals surface area contributed by atoms with Gasteiger partial charge in [-0.15, -0.1) is 0 Å². The van der Waals surface area contributed by atoms with E-state index in [1.54, 1.807) is 0 Å². The Labute approximate surface area is 173 Å². The van der Waals surface area contributed by atoms with Gasteiger partial charge in [-0.1, -0.05) is 57.8 Å². The number of aliphatic hydroxyl groups is 1. The summed E-state index contributed by atoms with van der Waals surface area (Å²) >= 11 is 0. The van der Waals surface area contributed by atoms with Gasteiger partial charge in [0.05, 0.1) is 6.10 Å². The molecule has 0 spiro atoms. The van der Waals surface area contributed by atoms with Gasteiger partial charge in [0, 0.05) is 12.3 Å². The summed E-state index contributed by atoms with van der Waals surface area (Å²) in [6.45, 7) is 0. The molecule has 28 heavy (non-hydrogen) atoms. The molecule has 1 N–H and O–H groups in total. The molecule has 0 amide bonds. The zero-order chi connectivity index (χ0) is 19.3. The number of carbonyl (C=O) groups is 1. The van der Waals surface area contributed by atoms with Crippen LogP contribution >= 0.6 is 0 Å². The van der Waals surface area contributed by atoms with Crippen LogP contribution in [0.25, 0.3) is 0 Å². The largest absolute Gasteiger partial charge is 0.393 e. The second-order valence-electron chi connectivity index (χ2n) is 11.0. The number of hydrogen-bond donors (Lipinski definition) is 1. The molecule has 4 saturated carbocycles. The molecule has 7 atom stereocenters. The fraction of sp³-hybridized carbons (Fsp3) is 0.962. The second-order valence-corrected chi connectivity index (χ2v) is 11.0. The number of hydrogen-bond acceptors (Lipinski definition) is 2. The molecule has 0 bridgehead atoms. The van der Waals surface area contributed by atoms with E-state index >= 15 is 0 Å². The van der Waals surface area contributed by atoms with E-state index in [2.05, 4.69) is 0 Å². The van der Waals surface area contributed by atoms with Crippen molar-refractivity contribution < 1.29 is 9.90 Å². The molecule has 2 nitrogen and oxygen atoms in total. The van der Waals surface area contributed by atoms with Gasteiger partial charge >= 0.3 is 0 Å². The van der Waals surface area contributed by atoms with E-state index in [4.69, 9.17) is 0 Å². The summed E-state index contributed by atoms with van der Waals surface area (Å²) < 4.78 is 0. The Morgan fingerprint density at radius 3 is 2.04 bits per heavy atom. The Balaban J connectivity index is 1.12. The third-order valence-corrected chi connectivity index (χ3v) is 9.29. The van der Waals surface area contributed by atoms with Gasteiger partial charge in [0.2, 0.25) is 0 Å². The van der Waals surface area contributed by atoms with Crippen molar-refractivity contribution in [2.24, 2.45) is 35.5 Å². The van der Waals surface area contributed by atoms with Gasteiger partial charge in [0.25, 0.3) is 0 Å². The van der Waals surface area contributed by atoms with E-state index in [0.29, 0.717) is 17.6 Å². The van der Waals surface area contributed by atoms with Crippen LogP contribution in [0.1, 0.15) is 116 Å². The number of rotatable bonds is 7. The maximum absolute atomic E-state index is 12.7. The molecule has 0 radical (unpaired) electrons. The SMILES string of the molecule is O=C(CCCCC(O)C1CCC2CCCCC2C1)C1CCC2CCCCC2C1. The highest BCUT2D eigenvalue weighted by Gasteiger charge is 2.36. The predicted octanol–water partition coefficient (Wildman–Crippen LogP) is 6.69. The first-order chi connectivity index (χ1) is 13.7. The number of Topliss-reactive ketones (excluding diaryl/α,β-unsaturated/α-hetero) is 1. The lowest BCUT2D eigenvalue weighted by Crippen LogP contribution is -2.33. The van der Waals surface area contributed by atoms with Crippen LogP contribution in [0.3, 0.4) is 0 Å². The Hall–Kier alpha value is -0.370. The van der Waals surface area contributed by atoms with Crippen molar-refractivity contribution in [2.45, 2.75) is 122 Å². The van der Waals surface area contributed by atoms with E-state index in [1.807, 2.05) is 0 Å². The van der Waals surface area contributed by atoms with Crippen LogP contribution in [0.2, 0.25) is 0 Å². The molecule has 4 aliphatic rings. The van der Waals surface area contributed by atoms with Gasteiger partial charge in [-0.25, -0.2) is 0 Å². The minimum atomic E-state index is -0.115. The molecule has 7 unspecified atom stereocenters. The summed E-state index contributed by atoms with van der Waals surface area (Å²) in [5.74, 6) is 5.11. The molecule has 160 valence electrons. The summed E-state index contributed by atoms with van der Waals surface area (Å²) in [5, 5.41) is 10.7. The average Bonchev–Trinajstić information content (AvgIpc) is 2.75. The van der Waals surface area contributed by atoms with Crippen molar-refractivity contribution in [3.63, 3.8) is 0 Å². The van der Waals surface area contributed by atoms with Gasteiger partial charge in [-0.3, -0.25) is 4.79 Å². The molecule has 4 rings (SSSR count). The number of carbonyl (C=O) groups excluding carboxylic acids is 1. The normalized spacial score (nSPS) is 39.6. The van der Waals surface area contributed by atoms with Crippen molar-refractivity contribution in [1.82, 2.24) is 0 Å². The maximum atomic E-state index is 12.7. The van der Waals surface area contributed by atoms with E-state index < -0.39 is 0 Å². The van der Waals surface area contributed by atoms with Crippen LogP contribution < -0.4 is 0 Å². The van der Waals surface area contributed by atoms with Gasteiger partial charge in [-0.2, -0.15) is 0 Å². The summed E-state index contributed by atoms with van der Waals surface area (Å²) in [6.07, 6.45) is 22.5. The third-order valence-electron chi connectivity index (χ3n) is 9.29. The molecule has 2 heteroatoms. The highest BCUT2D eigenvalue weighted by Crippen LogP contribution is 2.45. The Bertz CT molecular complexity index is 501. The Morgan fingerprint density at radius 1 is 0.714 bits per heavy atom. The molecule has 0 saturated heterocycles. The standard InChI is InChI=1S/C26H44O2/c27-25(23-15-13-19-7-1-3-9-21(19)17-23)11-5-6-12-26(28)24-16-14-20-8-2-4-10-22(20)18-24/h19-25,27H,1-18H2. The predicted molar refractivity (Wildman–Crippen MR) is 115 cm³/mol. The van der Waals surface area contributed by atoms with Gasteiger partial charge in [0.15, 0.2) is 0 Å². The zero-order valence-corrected chi connectivity index (χ0v) is 18.1. The van der Waals surface area contributed by atoms with E-state index in [9.17, 15) is 9.90 Å². The van der Waals surface area contributed by atoms with E-state index in [-0.39, 0.29) is 6.10 Å². The minimum Gasteiger partial charge on any atom is -0.393 e. The molecule has 0 aromatic carbocycles. The van der Waals surface area contributed by atoms with Gasteiger partial charge < -0.3 is 5.11 Å². The number of aliphatic hydroxyl groups excluding tert-OH is 1. The molecule has 4 fully saturated rings. The van der Waals surface area contributed by atoms with Crippen LogP contribution in [-0.4, -0.2) is 17.0 Å². The van der Waals surface area contributed by atoms with Crippen molar-refractivity contribution in [3.05, 3.63) is 0 Å². The third kappa shape index (κ3) is 5.21. The van der Waals surface area contributed by atoms with Gasteiger partial charge in [0.1, 0.15) is 5.78 Å². The van der Waals surface area contributed by atoms with Crippen LogP contribution in [0.15, 0.2) is 0 Å². The molecular weight excluding hydrogens is 344 g/mol. The fourth-order valence-electron chi connectivity index (χ4n) is 7.52. The highest BCUT2D eigenvalue weighted by atomic mass is 16.3. The van der Waals surface area contributed by atoms with Crippen LogP contribution in [0.5, 0.6) is 0 Å². The highest BCUT2D eigenvalue weighted by molar-refractivity contribution is 5.81. The zero-order valence-electron chi connectivity index (χ0n) is 18.1. The smallest absolute Gasteiger partial charge is 0.135 e. The van der Waals surface area contributed by atoms with E-state index in [0.717, 1.165) is 55.8 Å². The number of unbranched alkanes of at least 4 members (excludes halogenated alkanes) is 1. The quantitative estimate of drug-likeness (QED) is 0.493. The van der Waals surface area contributed by atoms with Crippen molar-refractivity contribution >= 4 is 5.78 Å². The summed E-state index contributed by atoms with van der Waals surface area (Å²) in [6, 6.07) is 0. The van der Waals surface area contributed by atoms with Crippen molar-refractivity contribution in [3.8, 4) is 0 Å². The average molecular weight is 389 g/mol. The first-order valence-corrected chi connectivity index (χ1v) is 12.9. The molecule has 0 aliphatic heterocycles. The maximum Gasteiger partial charge on any atom is 0.135 e. The molecule has 0 heterocycles. The molecule has 0 aromatic heterocycles. The van der Waals surface area contributed by atoms with Crippen LogP contribution in [0, 0.1) is 35.5 Å². The van der Waals surface area contributed by atoms with E-state index in [1.165, 1.54) is 83.5 Å². The minimum absolute atomic E-state index is 0.115. The topological polar surface area (TPSA) is 37.3 Å². The lowest BCUT2D eigenvalue weighted by Gasteiger charge is -2.40. The lowest BCUT2D eigenvalue weighted by molar-refractivity contribution is -0.125. The van der Waals surface area contributed by atoms with Crippen LogP contribution in [0.4, 0.5) is 0 Å². The van der Waals surface area contributed by atoms with Gasteiger partial charge in [-0.05, 0) is 81.0 Å². The van der Waals surface area contributed by atoms with Crippen molar-refractivity contribution in [1.29, 1.82) is 0 Å². The molecular formula is C26H44O2. The lowest BCUT2D eigenvalue weighted by atomic mass is 9.66. The first kappa shape index (κ1) is 20.9. The monoisotopic (exact) mass is 388 g/mol. The molecule has 4 aliphatic carbocycles. The Morgan fingerprint density at radius 2 is 1.32 bits per heavy atom. The summed E-state index contributed by atoms with van der Waals surface area (Å²) in [7, 11) is 0. The number of fused-ring (bicyclic) bond motifs is 2. The second kappa shape index (κ2) is 10.1. The van der Waals surface area contributed by atoms with Crippen LogP contribution in [-0.2, 0) is 4.79 Å². The molecule has 0 aromatic rings. The number of ketones is 1. The fourth-order valence-corrected chi connectivity index (χ4v) is 7.52. The first-order valence-electron chi connectivity index (χ1n) is 12.9. The summed E-state index contributed by atoms with van der Waals surface area (Å²) in [4.78, 5) is 12.7.